The van der Waals surface area contributed by atoms with Crippen LogP contribution in [0.4, 0.5) is 0 Å². The molecular formula is C10H17N3O. The van der Waals surface area contributed by atoms with Crippen LogP contribution >= 0.6 is 0 Å². The van der Waals surface area contributed by atoms with Crippen LogP contribution in [0.25, 0.3) is 0 Å². The molecule has 14 heavy (non-hydrogen) atoms. The summed E-state index contributed by atoms with van der Waals surface area (Å²) in [4.78, 5) is 7.68. The van der Waals surface area contributed by atoms with Gasteiger partial charge in [-0.15, -0.1) is 0 Å². The van der Waals surface area contributed by atoms with Crippen LogP contribution in [0.5, 0.6) is 0 Å². The molecule has 1 aromatic heterocycles. The van der Waals surface area contributed by atoms with Gasteiger partial charge in [-0.3, -0.25) is 0 Å². The van der Waals surface area contributed by atoms with Crippen molar-refractivity contribution in [3.63, 3.8) is 0 Å². The molecule has 2 heterocycles. The van der Waals surface area contributed by atoms with E-state index in [4.69, 9.17) is 10.5 Å². The molecule has 0 fully saturated rings. The minimum absolute atomic E-state index is 0.292. The number of H-pyrrole nitrogens is 1. The first kappa shape index (κ1) is 9.68. The molecule has 78 valence electrons. The average Bonchev–Trinajstić information content (AvgIpc) is 2.51. The number of hydrogen-bond acceptors (Lipinski definition) is 3. The summed E-state index contributed by atoms with van der Waals surface area (Å²) in [6, 6.07) is 0. The molecule has 1 aliphatic rings. The third kappa shape index (κ3) is 1.18. The van der Waals surface area contributed by atoms with Gasteiger partial charge in [-0.1, -0.05) is 0 Å². The van der Waals surface area contributed by atoms with E-state index >= 15 is 0 Å². The second-order valence-corrected chi connectivity index (χ2v) is 4.73. The summed E-state index contributed by atoms with van der Waals surface area (Å²) in [7, 11) is 0. The van der Waals surface area contributed by atoms with Gasteiger partial charge < -0.3 is 15.5 Å². The number of aromatic amines is 1. The molecule has 0 radical (unpaired) electrons. The van der Waals surface area contributed by atoms with E-state index in [9.17, 15) is 0 Å². The zero-order valence-corrected chi connectivity index (χ0v) is 9.14. The molecular weight excluding hydrogens is 178 g/mol. The smallest absolute Gasteiger partial charge is 0.120 e. The van der Waals surface area contributed by atoms with Gasteiger partial charge in [-0.2, -0.15) is 0 Å². The van der Waals surface area contributed by atoms with Crippen molar-refractivity contribution in [2.24, 2.45) is 5.73 Å². The van der Waals surface area contributed by atoms with Gasteiger partial charge in [-0.25, -0.2) is 4.98 Å². The molecule has 0 saturated heterocycles. The van der Waals surface area contributed by atoms with Crippen LogP contribution in [0.15, 0.2) is 0 Å². The number of aromatic nitrogens is 2. The van der Waals surface area contributed by atoms with Crippen LogP contribution in [0, 0.1) is 0 Å². The van der Waals surface area contributed by atoms with E-state index < -0.39 is 0 Å². The topological polar surface area (TPSA) is 63.9 Å². The number of nitrogens with one attached hydrogen (secondary N) is 1. The first-order chi connectivity index (χ1) is 6.37. The highest BCUT2D eigenvalue weighted by Crippen LogP contribution is 2.44. The van der Waals surface area contributed by atoms with Crippen LogP contribution in [-0.4, -0.2) is 9.97 Å². The quantitative estimate of drug-likeness (QED) is 0.711. The summed E-state index contributed by atoms with van der Waals surface area (Å²) in [5.41, 5.74) is 6.99. The first-order valence-corrected chi connectivity index (χ1v) is 4.87. The molecule has 0 bridgehead atoms. The van der Waals surface area contributed by atoms with Crippen molar-refractivity contribution in [3.05, 3.63) is 17.2 Å². The lowest BCUT2D eigenvalue weighted by molar-refractivity contribution is -0.108. The molecule has 0 aliphatic carbocycles. The van der Waals surface area contributed by atoms with Crippen molar-refractivity contribution in [1.29, 1.82) is 0 Å². The van der Waals surface area contributed by atoms with Crippen molar-refractivity contribution in [1.82, 2.24) is 9.97 Å². The molecule has 0 saturated carbocycles. The van der Waals surface area contributed by atoms with Gasteiger partial charge in [0.25, 0.3) is 0 Å². The Morgan fingerprint density at radius 1 is 1.29 bits per heavy atom. The Hall–Kier alpha value is -0.870. The lowest BCUT2D eigenvalue weighted by atomic mass is 10.0. The lowest BCUT2D eigenvalue weighted by Gasteiger charge is -2.24. The van der Waals surface area contributed by atoms with Gasteiger partial charge in [0.05, 0.1) is 17.9 Å². The third-order valence-corrected chi connectivity index (χ3v) is 2.63. The molecule has 2 rings (SSSR count). The van der Waals surface area contributed by atoms with Crippen LogP contribution in [-0.2, 0) is 22.5 Å². The Morgan fingerprint density at radius 3 is 2.43 bits per heavy atom. The molecule has 0 spiro atoms. The van der Waals surface area contributed by atoms with E-state index in [0.717, 1.165) is 17.2 Å². The maximum Gasteiger partial charge on any atom is 0.120 e. The molecule has 3 N–H and O–H groups in total. The molecule has 1 aromatic rings. The number of hydrogen-bond donors (Lipinski definition) is 2. The van der Waals surface area contributed by atoms with Crippen molar-refractivity contribution in [3.8, 4) is 0 Å². The fourth-order valence-electron chi connectivity index (χ4n) is 2.13. The SMILES string of the molecule is CC1(C)OC(C)(C)c2[nH]c(CN)nc21. The monoisotopic (exact) mass is 195 g/mol. The predicted octanol–water partition coefficient (Wildman–Crippen LogP) is 1.37. The molecule has 4 heteroatoms. The highest BCUT2D eigenvalue weighted by molar-refractivity contribution is 5.30. The van der Waals surface area contributed by atoms with Gasteiger partial charge in [0.1, 0.15) is 17.0 Å². The summed E-state index contributed by atoms with van der Waals surface area (Å²) in [5.74, 6) is 0.833. The number of nitrogens with zero attached hydrogens (tertiary/aromatic N) is 1. The van der Waals surface area contributed by atoms with Crippen molar-refractivity contribution in [2.45, 2.75) is 45.4 Å². The van der Waals surface area contributed by atoms with Crippen LogP contribution < -0.4 is 5.73 Å². The standard InChI is InChI=1S/C10H17N3O/c1-9(2)7-8(10(3,4)14-9)13-6(5-11)12-7/h5,11H2,1-4H3,(H,12,13). The predicted molar refractivity (Wildman–Crippen MR) is 53.6 cm³/mol. The molecule has 0 unspecified atom stereocenters. The summed E-state index contributed by atoms with van der Waals surface area (Å²) in [6.45, 7) is 8.58. The third-order valence-electron chi connectivity index (χ3n) is 2.63. The minimum Gasteiger partial charge on any atom is -0.357 e. The van der Waals surface area contributed by atoms with E-state index in [1.54, 1.807) is 0 Å². The second-order valence-electron chi connectivity index (χ2n) is 4.73. The maximum atomic E-state index is 5.91. The van der Waals surface area contributed by atoms with Gasteiger partial charge in [-0.05, 0) is 27.7 Å². The normalized spacial score (nSPS) is 22.4. The average molecular weight is 195 g/mol. The molecule has 0 aromatic carbocycles. The fraction of sp³-hybridized carbons (Fsp3) is 0.700. The Balaban J connectivity index is 2.56. The summed E-state index contributed by atoms with van der Waals surface area (Å²) in [6.07, 6.45) is 0. The van der Waals surface area contributed by atoms with Crippen molar-refractivity contribution < 1.29 is 4.74 Å². The zero-order valence-electron chi connectivity index (χ0n) is 9.14. The zero-order chi connectivity index (χ0) is 10.6. The molecule has 0 amide bonds. The number of imidazole rings is 1. The highest BCUT2D eigenvalue weighted by atomic mass is 16.5. The van der Waals surface area contributed by atoms with E-state index in [1.165, 1.54) is 0 Å². The van der Waals surface area contributed by atoms with Gasteiger partial charge in [0.15, 0.2) is 0 Å². The minimum atomic E-state index is -0.317. The number of rotatable bonds is 1. The Kier molecular flexibility index (Phi) is 1.78. The molecule has 0 atom stereocenters. The van der Waals surface area contributed by atoms with E-state index in [-0.39, 0.29) is 11.2 Å². The van der Waals surface area contributed by atoms with Gasteiger partial charge in [0.2, 0.25) is 0 Å². The van der Waals surface area contributed by atoms with Crippen LogP contribution in [0.3, 0.4) is 0 Å². The highest BCUT2D eigenvalue weighted by Gasteiger charge is 2.46. The number of nitrogens with two attached hydrogens (primary N) is 1. The molecule has 1 aliphatic heterocycles. The second kappa shape index (κ2) is 2.58. The number of fused-ring (bicyclic) bond motifs is 1. The summed E-state index contributed by atoms with van der Waals surface area (Å²) >= 11 is 0. The molecule has 4 nitrogen and oxygen atoms in total. The van der Waals surface area contributed by atoms with Crippen molar-refractivity contribution >= 4 is 0 Å². The summed E-state index contributed by atoms with van der Waals surface area (Å²) in [5, 5.41) is 0. The fourth-order valence-corrected chi connectivity index (χ4v) is 2.13. The van der Waals surface area contributed by atoms with E-state index in [1.807, 2.05) is 27.7 Å². The Bertz CT molecular complexity index is 334. The van der Waals surface area contributed by atoms with E-state index in [2.05, 4.69) is 9.97 Å². The van der Waals surface area contributed by atoms with Crippen molar-refractivity contribution in [2.75, 3.05) is 0 Å². The van der Waals surface area contributed by atoms with Crippen LogP contribution in [0.2, 0.25) is 0 Å². The lowest BCUT2D eigenvalue weighted by Crippen LogP contribution is -2.24. The first-order valence-electron chi connectivity index (χ1n) is 4.87. The Morgan fingerprint density at radius 2 is 1.93 bits per heavy atom. The van der Waals surface area contributed by atoms with Crippen LogP contribution in [0.1, 0.15) is 44.9 Å². The largest absolute Gasteiger partial charge is 0.357 e. The Labute approximate surface area is 83.9 Å². The number of ether oxygens (including phenoxy) is 1. The van der Waals surface area contributed by atoms with Gasteiger partial charge in [0, 0.05) is 0 Å². The van der Waals surface area contributed by atoms with E-state index in [0.29, 0.717) is 6.54 Å². The van der Waals surface area contributed by atoms with Gasteiger partial charge >= 0.3 is 0 Å². The summed E-state index contributed by atoms with van der Waals surface area (Å²) < 4.78 is 5.91. The maximum absolute atomic E-state index is 5.91.